The second-order valence-electron chi connectivity index (χ2n) is 3.76. The monoisotopic (exact) mass is 199 g/mol. The summed E-state index contributed by atoms with van der Waals surface area (Å²) in [5.41, 5.74) is 1.21. The van der Waals surface area contributed by atoms with Gasteiger partial charge in [0.2, 0.25) is 0 Å². The molecule has 1 aromatic heterocycles. The van der Waals surface area contributed by atoms with Crippen LogP contribution in [0, 0.1) is 0 Å². The maximum absolute atomic E-state index is 10.9. The predicted molar refractivity (Wildman–Crippen MR) is 60.7 cm³/mol. The van der Waals surface area contributed by atoms with Crippen molar-refractivity contribution in [2.45, 2.75) is 19.8 Å². The number of ketones is 1. The van der Waals surface area contributed by atoms with E-state index < -0.39 is 0 Å². The standard InChI is InChI=1S/C13H13NO/c1-10(15)2-3-11-4-5-13-9-14-7-6-12(13)8-11/h4-9H,2-3H2,1H3. The van der Waals surface area contributed by atoms with E-state index in [-0.39, 0.29) is 5.78 Å². The molecular weight excluding hydrogens is 186 g/mol. The molecule has 0 fully saturated rings. The minimum atomic E-state index is 0.241. The van der Waals surface area contributed by atoms with Gasteiger partial charge in [-0.25, -0.2) is 0 Å². The Hall–Kier alpha value is -1.70. The molecule has 76 valence electrons. The molecule has 0 saturated carbocycles. The van der Waals surface area contributed by atoms with Gasteiger partial charge in [0, 0.05) is 24.2 Å². The Balaban J connectivity index is 2.26. The quantitative estimate of drug-likeness (QED) is 0.760. The van der Waals surface area contributed by atoms with Gasteiger partial charge >= 0.3 is 0 Å². The van der Waals surface area contributed by atoms with Crippen LogP contribution in [0.5, 0.6) is 0 Å². The van der Waals surface area contributed by atoms with Gasteiger partial charge in [-0.05, 0) is 30.4 Å². The minimum Gasteiger partial charge on any atom is -0.300 e. The Morgan fingerprint density at radius 2 is 2.13 bits per heavy atom. The van der Waals surface area contributed by atoms with Crippen LogP contribution >= 0.6 is 0 Å². The fourth-order valence-electron chi connectivity index (χ4n) is 1.61. The van der Waals surface area contributed by atoms with E-state index in [1.807, 2.05) is 12.3 Å². The molecule has 1 heterocycles. The normalized spacial score (nSPS) is 10.5. The van der Waals surface area contributed by atoms with Crippen LogP contribution in [0.2, 0.25) is 0 Å². The molecule has 0 amide bonds. The van der Waals surface area contributed by atoms with Gasteiger partial charge in [-0.2, -0.15) is 0 Å². The maximum atomic E-state index is 10.9. The predicted octanol–water partition coefficient (Wildman–Crippen LogP) is 2.76. The van der Waals surface area contributed by atoms with E-state index in [1.165, 1.54) is 10.9 Å². The molecule has 0 radical (unpaired) electrons. The van der Waals surface area contributed by atoms with E-state index in [4.69, 9.17) is 0 Å². The van der Waals surface area contributed by atoms with Gasteiger partial charge in [-0.3, -0.25) is 4.98 Å². The summed E-state index contributed by atoms with van der Waals surface area (Å²) in [6.45, 7) is 1.63. The summed E-state index contributed by atoms with van der Waals surface area (Å²) >= 11 is 0. The van der Waals surface area contributed by atoms with Crippen molar-refractivity contribution in [1.82, 2.24) is 4.98 Å². The van der Waals surface area contributed by atoms with Gasteiger partial charge < -0.3 is 4.79 Å². The smallest absolute Gasteiger partial charge is 0.130 e. The van der Waals surface area contributed by atoms with Gasteiger partial charge in [-0.1, -0.05) is 18.2 Å². The second-order valence-corrected chi connectivity index (χ2v) is 3.76. The molecule has 0 N–H and O–H groups in total. The minimum absolute atomic E-state index is 0.241. The Labute approximate surface area is 89.0 Å². The van der Waals surface area contributed by atoms with Crippen molar-refractivity contribution in [1.29, 1.82) is 0 Å². The third-order valence-corrected chi connectivity index (χ3v) is 2.47. The zero-order valence-corrected chi connectivity index (χ0v) is 8.73. The van der Waals surface area contributed by atoms with Crippen molar-refractivity contribution < 1.29 is 4.79 Å². The number of hydrogen-bond donors (Lipinski definition) is 0. The fourth-order valence-corrected chi connectivity index (χ4v) is 1.61. The highest BCUT2D eigenvalue weighted by molar-refractivity contribution is 5.82. The summed E-state index contributed by atoms with van der Waals surface area (Å²) in [5.74, 6) is 0.241. The van der Waals surface area contributed by atoms with Crippen LogP contribution in [0.1, 0.15) is 18.9 Å². The Morgan fingerprint density at radius 3 is 2.93 bits per heavy atom. The number of benzene rings is 1. The Morgan fingerprint density at radius 1 is 1.27 bits per heavy atom. The first-order valence-electron chi connectivity index (χ1n) is 5.08. The number of carbonyl (C=O) groups is 1. The average Bonchev–Trinajstić information content (AvgIpc) is 2.26. The van der Waals surface area contributed by atoms with Crippen molar-refractivity contribution in [3.8, 4) is 0 Å². The summed E-state index contributed by atoms with van der Waals surface area (Å²) in [5, 5.41) is 2.33. The largest absolute Gasteiger partial charge is 0.300 e. The first-order chi connectivity index (χ1) is 7.25. The van der Waals surface area contributed by atoms with Crippen LogP contribution in [0.3, 0.4) is 0 Å². The van der Waals surface area contributed by atoms with Crippen molar-refractivity contribution in [3.05, 3.63) is 42.2 Å². The third-order valence-electron chi connectivity index (χ3n) is 2.47. The number of fused-ring (bicyclic) bond motifs is 1. The van der Waals surface area contributed by atoms with E-state index in [2.05, 4.69) is 23.2 Å². The van der Waals surface area contributed by atoms with Crippen LogP contribution in [-0.4, -0.2) is 10.8 Å². The van der Waals surface area contributed by atoms with Crippen molar-refractivity contribution in [2.24, 2.45) is 0 Å². The second kappa shape index (κ2) is 4.22. The number of Topliss-reactive ketones (excluding diaryl/α,β-unsaturated/α-hetero) is 1. The first-order valence-corrected chi connectivity index (χ1v) is 5.08. The molecule has 1 aromatic carbocycles. The molecule has 2 rings (SSSR count). The SMILES string of the molecule is CC(=O)CCc1ccc2cnccc2c1. The van der Waals surface area contributed by atoms with E-state index in [0.717, 1.165) is 11.8 Å². The summed E-state index contributed by atoms with van der Waals surface area (Å²) < 4.78 is 0. The van der Waals surface area contributed by atoms with Gasteiger partial charge in [0.25, 0.3) is 0 Å². The van der Waals surface area contributed by atoms with Crippen LogP contribution in [0.15, 0.2) is 36.7 Å². The molecule has 0 spiro atoms. The van der Waals surface area contributed by atoms with Crippen LogP contribution in [0.4, 0.5) is 0 Å². The highest BCUT2D eigenvalue weighted by Crippen LogP contribution is 2.15. The van der Waals surface area contributed by atoms with Crippen LogP contribution < -0.4 is 0 Å². The fraction of sp³-hybridized carbons (Fsp3) is 0.231. The Bertz CT molecular complexity index is 491. The number of pyridine rings is 1. The molecular formula is C13H13NO. The number of aryl methyl sites for hydroxylation is 1. The van der Waals surface area contributed by atoms with E-state index in [1.54, 1.807) is 13.1 Å². The molecule has 0 bridgehead atoms. The molecule has 2 nitrogen and oxygen atoms in total. The number of rotatable bonds is 3. The zero-order chi connectivity index (χ0) is 10.7. The molecule has 2 aromatic rings. The molecule has 0 unspecified atom stereocenters. The maximum Gasteiger partial charge on any atom is 0.130 e. The number of aromatic nitrogens is 1. The number of hydrogen-bond acceptors (Lipinski definition) is 2. The van der Waals surface area contributed by atoms with Gasteiger partial charge in [0.05, 0.1) is 0 Å². The molecule has 0 aliphatic rings. The molecule has 0 aliphatic carbocycles. The lowest BCUT2D eigenvalue weighted by Crippen LogP contribution is -1.93. The van der Waals surface area contributed by atoms with E-state index in [0.29, 0.717) is 6.42 Å². The van der Waals surface area contributed by atoms with Crippen LogP contribution in [-0.2, 0) is 11.2 Å². The van der Waals surface area contributed by atoms with E-state index in [9.17, 15) is 4.79 Å². The van der Waals surface area contributed by atoms with Crippen molar-refractivity contribution in [2.75, 3.05) is 0 Å². The molecule has 2 heteroatoms. The highest BCUT2D eigenvalue weighted by Gasteiger charge is 1.98. The van der Waals surface area contributed by atoms with Gasteiger partial charge in [0.15, 0.2) is 0 Å². The van der Waals surface area contributed by atoms with Crippen molar-refractivity contribution in [3.63, 3.8) is 0 Å². The van der Waals surface area contributed by atoms with Gasteiger partial charge in [-0.15, -0.1) is 0 Å². The molecule has 0 atom stereocenters. The van der Waals surface area contributed by atoms with E-state index >= 15 is 0 Å². The lowest BCUT2D eigenvalue weighted by molar-refractivity contribution is -0.116. The molecule has 15 heavy (non-hydrogen) atoms. The Kier molecular flexibility index (Phi) is 2.77. The summed E-state index contributed by atoms with van der Waals surface area (Å²) in [6, 6.07) is 8.23. The van der Waals surface area contributed by atoms with Crippen LogP contribution in [0.25, 0.3) is 10.8 Å². The average molecular weight is 199 g/mol. The summed E-state index contributed by atoms with van der Waals surface area (Å²) in [4.78, 5) is 14.9. The third kappa shape index (κ3) is 2.40. The lowest BCUT2D eigenvalue weighted by Gasteiger charge is -2.01. The molecule has 0 aliphatic heterocycles. The number of carbonyl (C=O) groups excluding carboxylic acids is 1. The highest BCUT2D eigenvalue weighted by atomic mass is 16.1. The topological polar surface area (TPSA) is 30.0 Å². The molecule has 0 saturated heterocycles. The summed E-state index contributed by atoms with van der Waals surface area (Å²) in [6.07, 6.45) is 5.09. The van der Waals surface area contributed by atoms with Gasteiger partial charge in [0.1, 0.15) is 5.78 Å². The van der Waals surface area contributed by atoms with Crippen molar-refractivity contribution >= 4 is 16.6 Å². The first kappa shape index (κ1) is 9.84. The number of nitrogens with zero attached hydrogens (tertiary/aromatic N) is 1. The lowest BCUT2D eigenvalue weighted by atomic mass is 10.0. The summed E-state index contributed by atoms with van der Waals surface area (Å²) in [7, 11) is 0. The zero-order valence-electron chi connectivity index (χ0n) is 8.73.